The maximum atomic E-state index is 5.97. The quantitative estimate of drug-likeness (QED) is 0.878. The molecule has 1 aliphatic rings. The van der Waals surface area contributed by atoms with Gasteiger partial charge in [0.2, 0.25) is 0 Å². The van der Waals surface area contributed by atoms with Crippen LogP contribution >= 0.6 is 0 Å². The molecule has 2 nitrogen and oxygen atoms in total. The van der Waals surface area contributed by atoms with Gasteiger partial charge in [0.25, 0.3) is 0 Å². The van der Waals surface area contributed by atoms with Gasteiger partial charge in [0.05, 0.1) is 6.10 Å². The van der Waals surface area contributed by atoms with Crippen LogP contribution in [0.4, 0.5) is 0 Å². The van der Waals surface area contributed by atoms with Gasteiger partial charge >= 0.3 is 0 Å². The molecule has 0 radical (unpaired) electrons. The second-order valence-corrected chi connectivity index (χ2v) is 5.47. The zero-order chi connectivity index (χ0) is 13.0. The molecule has 0 amide bonds. The van der Waals surface area contributed by atoms with Crippen molar-refractivity contribution in [3.63, 3.8) is 0 Å². The molecule has 2 atom stereocenters. The Morgan fingerprint density at radius 2 is 2.11 bits per heavy atom. The number of hydrogen-bond acceptors (Lipinski definition) is 2. The molecule has 1 saturated heterocycles. The Hall–Kier alpha value is -1.02. The van der Waals surface area contributed by atoms with Gasteiger partial charge < -0.3 is 10.1 Å². The topological polar surface area (TPSA) is 21.3 Å². The third-order valence-electron chi connectivity index (χ3n) is 3.81. The molecule has 1 heterocycles. The van der Waals surface area contributed by atoms with E-state index in [0.717, 1.165) is 24.8 Å². The minimum absolute atomic E-state index is 0.243. The van der Waals surface area contributed by atoms with E-state index in [1.165, 1.54) is 18.4 Å². The minimum atomic E-state index is 0.243. The average Bonchev–Trinajstić information content (AvgIpc) is 2.39. The van der Waals surface area contributed by atoms with Crippen LogP contribution in [-0.2, 0) is 0 Å². The second kappa shape index (κ2) is 6.24. The molecule has 2 heteroatoms. The number of rotatable bonds is 4. The molecule has 100 valence electrons. The van der Waals surface area contributed by atoms with Crippen molar-refractivity contribution in [3.8, 4) is 5.75 Å². The van der Waals surface area contributed by atoms with E-state index in [0.29, 0.717) is 5.92 Å². The molecule has 0 aromatic heterocycles. The molecule has 0 saturated carbocycles. The van der Waals surface area contributed by atoms with Crippen molar-refractivity contribution < 1.29 is 4.74 Å². The Kier molecular flexibility index (Phi) is 4.65. The summed E-state index contributed by atoms with van der Waals surface area (Å²) in [5.74, 6) is 2.46. The molecule has 1 aromatic carbocycles. The third-order valence-corrected chi connectivity index (χ3v) is 3.81. The zero-order valence-corrected chi connectivity index (χ0v) is 11.8. The summed E-state index contributed by atoms with van der Waals surface area (Å²) in [7, 11) is 0. The molecule has 2 rings (SSSR count). The molecular formula is C16H25NO. The van der Waals surface area contributed by atoms with E-state index >= 15 is 0 Å². The molecule has 1 fully saturated rings. The van der Waals surface area contributed by atoms with Crippen LogP contribution in [0.5, 0.6) is 5.75 Å². The van der Waals surface area contributed by atoms with Crippen molar-refractivity contribution in [2.45, 2.75) is 45.6 Å². The van der Waals surface area contributed by atoms with Crippen LogP contribution in [0.25, 0.3) is 0 Å². The molecule has 2 unspecified atom stereocenters. The molecule has 1 N–H and O–H groups in total. The van der Waals surface area contributed by atoms with Crippen LogP contribution < -0.4 is 10.1 Å². The highest BCUT2D eigenvalue weighted by molar-refractivity contribution is 5.37. The molecule has 0 spiro atoms. The summed E-state index contributed by atoms with van der Waals surface area (Å²) in [6, 6.07) is 8.57. The fourth-order valence-corrected chi connectivity index (χ4v) is 2.91. The second-order valence-electron chi connectivity index (χ2n) is 5.47. The summed E-state index contributed by atoms with van der Waals surface area (Å²) in [6.07, 6.45) is 2.69. The van der Waals surface area contributed by atoms with E-state index < -0.39 is 0 Å². The van der Waals surface area contributed by atoms with Gasteiger partial charge in [-0.3, -0.25) is 0 Å². The van der Waals surface area contributed by atoms with Gasteiger partial charge in [0.1, 0.15) is 5.75 Å². The van der Waals surface area contributed by atoms with E-state index in [4.69, 9.17) is 4.74 Å². The smallest absolute Gasteiger partial charge is 0.123 e. The Balaban J connectivity index is 2.24. The number of para-hydroxylation sites is 1. The lowest BCUT2D eigenvalue weighted by atomic mass is 9.79. The van der Waals surface area contributed by atoms with Crippen molar-refractivity contribution in [1.29, 1.82) is 0 Å². The Morgan fingerprint density at radius 3 is 2.83 bits per heavy atom. The largest absolute Gasteiger partial charge is 0.491 e. The number of hydrogen-bond donors (Lipinski definition) is 1. The van der Waals surface area contributed by atoms with Crippen molar-refractivity contribution in [3.05, 3.63) is 29.8 Å². The summed E-state index contributed by atoms with van der Waals surface area (Å²) < 4.78 is 5.97. The SMILES string of the molecule is CCC1CNCCC1c1ccccc1OC(C)C. The van der Waals surface area contributed by atoms with Gasteiger partial charge in [0, 0.05) is 0 Å². The van der Waals surface area contributed by atoms with Crippen molar-refractivity contribution in [2.75, 3.05) is 13.1 Å². The van der Waals surface area contributed by atoms with Crippen molar-refractivity contribution in [2.24, 2.45) is 5.92 Å². The summed E-state index contributed by atoms with van der Waals surface area (Å²) >= 11 is 0. The standard InChI is InChI=1S/C16H25NO/c1-4-13-11-17-10-9-14(13)15-7-5-6-8-16(15)18-12(2)3/h5-8,12-14,17H,4,9-11H2,1-3H3. The predicted molar refractivity (Wildman–Crippen MR) is 76.2 cm³/mol. The van der Waals surface area contributed by atoms with Gasteiger partial charge in [-0.2, -0.15) is 0 Å². The van der Waals surface area contributed by atoms with E-state index in [2.05, 4.69) is 50.4 Å². The van der Waals surface area contributed by atoms with Gasteiger partial charge in [-0.25, -0.2) is 0 Å². The van der Waals surface area contributed by atoms with E-state index in [1.54, 1.807) is 0 Å². The molecule has 1 aromatic rings. The van der Waals surface area contributed by atoms with E-state index in [-0.39, 0.29) is 6.10 Å². The fourth-order valence-electron chi connectivity index (χ4n) is 2.91. The Bertz CT molecular complexity index is 375. The highest BCUT2D eigenvalue weighted by atomic mass is 16.5. The summed E-state index contributed by atoms with van der Waals surface area (Å²) in [6.45, 7) is 8.73. The first-order valence-corrected chi connectivity index (χ1v) is 7.18. The first-order valence-electron chi connectivity index (χ1n) is 7.18. The fraction of sp³-hybridized carbons (Fsp3) is 0.625. The zero-order valence-electron chi connectivity index (χ0n) is 11.8. The van der Waals surface area contributed by atoms with Crippen LogP contribution in [-0.4, -0.2) is 19.2 Å². The average molecular weight is 247 g/mol. The molecular weight excluding hydrogens is 222 g/mol. The molecule has 0 bridgehead atoms. The number of piperidine rings is 1. The van der Waals surface area contributed by atoms with Gasteiger partial charge in [0.15, 0.2) is 0 Å². The van der Waals surface area contributed by atoms with Crippen LogP contribution in [0.1, 0.15) is 45.1 Å². The highest BCUT2D eigenvalue weighted by Gasteiger charge is 2.27. The van der Waals surface area contributed by atoms with Crippen molar-refractivity contribution in [1.82, 2.24) is 5.32 Å². The first-order chi connectivity index (χ1) is 8.72. The summed E-state index contributed by atoms with van der Waals surface area (Å²) in [5, 5.41) is 3.50. The maximum absolute atomic E-state index is 5.97. The van der Waals surface area contributed by atoms with E-state index in [9.17, 15) is 0 Å². The van der Waals surface area contributed by atoms with Crippen LogP contribution in [0.15, 0.2) is 24.3 Å². The van der Waals surface area contributed by atoms with E-state index in [1.807, 2.05) is 0 Å². The monoisotopic (exact) mass is 247 g/mol. The predicted octanol–water partition coefficient (Wildman–Crippen LogP) is 3.58. The van der Waals surface area contributed by atoms with Crippen molar-refractivity contribution >= 4 is 0 Å². The van der Waals surface area contributed by atoms with Crippen LogP contribution in [0, 0.1) is 5.92 Å². The van der Waals surface area contributed by atoms with Crippen LogP contribution in [0.3, 0.4) is 0 Å². The first kappa shape index (κ1) is 13.4. The lowest BCUT2D eigenvalue weighted by Crippen LogP contribution is -2.35. The van der Waals surface area contributed by atoms with Gasteiger partial charge in [-0.1, -0.05) is 31.5 Å². The van der Waals surface area contributed by atoms with Gasteiger partial charge in [-0.15, -0.1) is 0 Å². The highest BCUT2D eigenvalue weighted by Crippen LogP contribution is 2.37. The summed E-state index contributed by atoms with van der Waals surface area (Å²) in [4.78, 5) is 0. The molecule has 1 aliphatic heterocycles. The maximum Gasteiger partial charge on any atom is 0.123 e. The number of benzene rings is 1. The lowest BCUT2D eigenvalue weighted by molar-refractivity contribution is 0.232. The normalized spacial score (nSPS) is 24.2. The number of nitrogens with one attached hydrogen (secondary N) is 1. The molecule has 0 aliphatic carbocycles. The molecule has 18 heavy (non-hydrogen) atoms. The lowest BCUT2D eigenvalue weighted by Gasteiger charge is -2.33. The van der Waals surface area contributed by atoms with Crippen LogP contribution in [0.2, 0.25) is 0 Å². The van der Waals surface area contributed by atoms with Gasteiger partial charge in [-0.05, 0) is 56.8 Å². The minimum Gasteiger partial charge on any atom is -0.491 e. The Labute approximate surface area is 111 Å². The third kappa shape index (κ3) is 3.05. The Morgan fingerprint density at radius 1 is 1.33 bits per heavy atom. The number of ether oxygens (including phenoxy) is 1. The summed E-state index contributed by atoms with van der Waals surface area (Å²) in [5.41, 5.74) is 1.40.